The SMILES string of the molecule is Cc1nc2c(Oc3ccccc3Br)c(-c3cc(C)c(=O)n(C)c3)ccc2[nH]1. The number of halogens is 1. The van der Waals surface area contributed by atoms with Gasteiger partial charge in [0.05, 0.1) is 9.99 Å². The topological polar surface area (TPSA) is 59.9 Å². The van der Waals surface area contributed by atoms with Crippen molar-refractivity contribution in [1.29, 1.82) is 0 Å². The van der Waals surface area contributed by atoms with Gasteiger partial charge in [-0.25, -0.2) is 4.98 Å². The van der Waals surface area contributed by atoms with E-state index in [0.717, 1.165) is 32.5 Å². The Morgan fingerprint density at radius 1 is 1.15 bits per heavy atom. The van der Waals surface area contributed by atoms with E-state index in [2.05, 4.69) is 25.9 Å². The highest BCUT2D eigenvalue weighted by molar-refractivity contribution is 9.10. The second-order valence-corrected chi connectivity index (χ2v) is 7.38. The third kappa shape index (κ3) is 3.17. The number of nitrogens with one attached hydrogen (secondary N) is 1. The van der Waals surface area contributed by atoms with Gasteiger partial charge >= 0.3 is 0 Å². The van der Waals surface area contributed by atoms with Crippen molar-refractivity contribution in [2.45, 2.75) is 13.8 Å². The van der Waals surface area contributed by atoms with Gasteiger partial charge in [-0.15, -0.1) is 0 Å². The molecule has 0 spiro atoms. The van der Waals surface area contributed by atoms with E-state index in [4.69, 9.17) is 4.74 Å². The average molecular weight is 424 g/mol. The molecule has 6 heteroatoms. The Bertz CT molecular complexity index is 1200. The van der Waals surface area contributed by atoms with Crippen LogP contribution in [-0.2, 0) is 7.05 Å². The van der Waals surface area contributed by atoms with Gasteiger partial charge in [-0.3, -0.25) is 4.79 Å². The Balaban J connectivity index is 1.98. The Kier molecular flexibility index (Phi) is 4.36. The number of ether oxygens (including phenoxy) is 1. The summed E-state index contributed by atoms with van der Waals surface area (Å²) in [4.78, 5) is 20.0. The second-order valence-electron chi connectivity index (χ2n) is 6.52. The van der Waals surface area contributed by atoms with E-state index < -0.39 is 0 Å². The van der Waals surface area contributed by atoms with Crippen LogP contribution in [0.25, 0.3) is 22.2 Å². The van der Waals surface area contributed by atoms with E-state index in [1.165, 1.54) is 0 Å². The Morgan fingerprint density at radius 3 is 2.67 bits per heavy atom. The number of aromatic amines is 1. The predicted octanol–water partition coefficient (Wildman–Crippen LogP) is 5.10. The Hall–Kier alpha value is -2.86. The standard InChI is InChI=1S/C21H18BrN3O2/c1-12-10-14(11-25(3)21(12)26)15-8-9-17-19(24-13(2)23-17)20(15)27-18-7-5-4-6-16(18)22/h4-11H,1-3H3,(H,23,24). The van der Waals surface area contributed by atoms with Crippen LogP contribution in [0.4, 0.5) is 0 Å². The molecule has 0 radical (unpaired) electrons. The molecule has 4 aromatic rings. The number of aromatic nitrogens is 3. The first-order chi connectivity index (χ1) is 12.9. The molecule has 5 nitrogen and oxygen atoms in total. The van der Waals surface area contributed by atoms with Gasteiger partial charge in [0.15, 0.2) is 5.75 Å². The number of hydrogen-bond donors (Lipinski definition) is 1. The molecule has 2 aromatic heterocycles. The minimum absolute atomic E-state index is 0.0104. The zero-order valence-corrected chi connectivity index (χ0v) is 16.8. The minimum Gasteiger partial charge on any atom is -0.453 e. The van der Waals surface area contributed by atoms with Crippen LogP contribution in [0.1, 0.15) is 11.4 Å². The molecule has 0 bridgehead atoms. The summed E-state index contributed by atoms with van der Waals surface area (Å²) >= 11 is 3.54. The zero-order chi connectivity index (χ0) is 19.1. The van der Waals surface area contributed by atoms with Crippen molar-refractivity contribution in [3.8, 4) is 22.6 Å². The molecule has 0 saturated heterocycles. The van der Waals surface area contributed by atoms with Crippen molar-refractivity contribution in [1.82, 2.24) is 14.5 Å². The maximum absolute atomic E-state index is 12.1. The second kappa shape index (κ2) is 6.70. The largest absolute Gasteiger partial charge is 0.453 e. The van der Waals surface area contributed by atoms with Crippen molar-refractivity contribution in [3.05, 3.63) is 74.9 Å². The molecular weight excluding hydrogens is 406 g/mol. The summed E-state index contributed by atoms with van der Waals surface area (Å²) in [5.41, 5.74) is 4.11. The molecule has 2 heterocycles. The number of para-hydroxylation sites is 1. The number of aryl methyl sites for hydroxylation is 3. The monoisotopic (exact) mass is 423 g/mol. The van der Waals surface area contributed by atoms with Crippen molar-refractivity contribution in [2.24, 2.45) is 7.05 Å². The van der Waals surface area contributed by atoms with Crippen molar-refractivity contribution in [3.63, 3.8) is 0 Å². The Morgan fingerprint density at radius 2 is 1.93 bits per heavy atom. The number of imidazole rings is 1. The molecule has 0 aliphatic carbocycles. The number of hydrogen-bond acceptors (Lipinski definition) is 3. The Labute approximate surface area is 164 Å². The van der Waals surface area contributed by atoms with Crippen LogP contribution in [0.2, 0.25) is 0 Å². The highest BCUT2D eigenvalue weighted by atomic mass is 79.9. The quantitative estimate of drug-likeness (QED) is 0.498. The van der Waals surface area contributed by atoms with Gasteiger partial charge in [-0.05, 0) is 60.1 Å². The third-order valence-electron chi connectivity index (χ3n) is 4.45. The number of nitrogens with zero attached hydrogens (tertiary/aromatic N) is 2. The fourth-order valence-electron chi connectivity index (χ4n) is 3.17. The maximum Gasteiger partial charge on any atom is 0.253 e. The lowest BCUT2D eigenvalue weighted by Crippen LogP contribution is -2.18. The predicted molar refractivity (Wildman–Crippen MR) is 110 cm³/mol. The summed E-state index contributed by atoms with van der Waals surface area (Å²) in [5, 5.41) is 0. The van der Waals surface area contributed by atoms with Crippen LogP contribution in [0, 0.1) is 13.8 Å². The van der Waals surface area contributed by atoms with Crippen molar-refractivity contribution >= 4 is 27.0 Å². The number of pyridine rings is 1. The van der Waals surface area contributed by atoms with Crippen LogP contribution in [-0.4, -0.2) is 14.5 Å². The molecule has 0 unspecified atom stereocenters. The van der Waals surface area contributed by atoms with Gasteiger partial charge in [0.2, 0.25) is 0 Å². The molecule has 0 saturated carbocycles. The average Bonchev–Trinajstić information content (AvgIpc) is 3.02. The molecule has 0 amide bonds. The summed E-state index contributed by atoms with van der Waals surface area (Å²) in [5.74, 6) is 2.17. The summed E-state index contributed by atoms with van der Waals surface area (Å²) in [6.45, 7) is 3.73. The van der Waals surface area contributed by atoms with Crippen LogP contribution < -0.4 is 10.3 Å². The smallest absolute Gasteiger partial charge is 0.253 e. The van der Waals surface area contributed by atoms with Gasteiger partial charge < -0.3 is 14.3 Å². The van der Waals surface area contributed by atoms with Crippen LogP contribution in [0.3, 0.4) is 0 Å². The zero-order valence-electron chi connectivity index (χ0n) is 15.2. The third-order valence-corrected chi connectivity index (χ3v) is 5.10. The highest BCUT2D eigenvalue weighted by Crippen LogP contribution is 2.40. The normalized spacial score (nSPS) is 11.1. The van der Waals surface area contributed by atoms with E-state index in [-0.39, 0.29) is 5.56 Å². The molecule has 27 heavy (non-hydrogen) atoms. The fraction of sp³-hybridized carbons (Fsp3) is 0.143. The first-order valence-corrected chi connectivity index (χ1v) is 9.32. The lowest BCUT2D eigenvalue weighted by atomic mass is 10.0. The molecule has 136 valence electrons. The first kappa shape index (κ1) is 17.5. The van der Waals surface area contributed by atoms with Crippen molar-refractivity contribution in [2.75, 3.05) is 0 Å². The van der Waals surface area contributed by atoms with Gasteiger partial charge in [-0.1, -0.05) is 12.1 Å². The number of benzene rings is 2. The van der Waals surface area contributed by atoms with E-state index >= 15 is 0 Å². The van der Waals surface area contributed by atoms with E-state index in [9.17, 15) is 4.79 Å². The molecule has 4 rings (SSSR count). The molecule has 1 N–H and O–H groups in total. The molecule has 0 aliphatic rings. The van der Waals surface area contributed by atoms with E-state index in [0.29, 0.717) is 17.1 Å². The summed E-state index contributed by atoms with van der Waals surface area (Å²) in [7, 11) is 1.75. The molecule has 2 aromatic carbocycles. The summed E-state index contributed by atoms with van der Waals surface area (Å²) in [6.07, 6.45) is 1.82. The fourth-order valence-corrected chi connectivity index (χ4v) is 3.53. The van der Waals surface area contributed by atoms with Crippen LogP contribution in [0.15, 0.2) is 57.9 Å². The van der Waals surface area contributed by atoms with Gasteiger partial charge in [-0.2, -0.15) is 0 Å². The van der Waals surface area contributed by atoms with Gasteiger partial charge in [0.1, 0.15) is 17.1 Å². The number of rotatable bonds is 3. The van der Waals surface area contributed by atoms with Gasteiger partial charge in [0.25, 0.3) is 5.56 Å². The molecule has 0 atom stereocenters. The highest BCUT2D eigenvalue weighted by Gasteiger charge is 2.17. The van der Waals surface area contributed by atoms with Crippen molar-refractivity contribution < 1.29 is 4.74 Å². The molecule has 0 fully saturated rings. The van der Waals surface area contributed by atoms with E-state index in [1.54, 1.807) is 11.6 Å². The lowest BCUT2D eigenvalue weighted by molar-refractivity contribution is 0.486. The maximum atomic E-state index is 12.1. The summed E-state index contributed by atoms with van der Waals surface area (Å²) < 4.78 is 8.76. The van der Waals surface area contributed by atoms with E-state index in [1.807, 2.05) is 62.5 Å². The summed E-state index contributed by atoms with van der Waals surface area (Å²) in [6, 6.07) is 13.6. The lowest BCUT2D eigenvalue weighted by Gasteiger charge is -2.14. The molecular formula is C21H18BrN3O2. The number of fused-ring (bicyclic) bond motifs is 1. The van der Waals surface area contributed by atoms with Crippen LogP contribution in [0.5, 0.6) is 11.5 Å². The van der Waals surface area contributed by atoms with Crippen LogP contribution >= 0.6 is 15.9 Å². The number of H-pyrrole nitrogens is 1. The first-order valence-electron chi connectivity index (χ1n) is 8.53. The molecule has 0 aliphatic heterocycles. The minimum atomic E-state index is -0.0104. The van der Waals surface area contributed by atoms with Gasteiger partial charge in [0, 0.05) is 29.9 Å².